The van der Waals surface area contributed by atoms with E-state index in [0.717, 1.165) is 0 Å². The molecule has 0 unspecified atom stereocenters. The maximum atomic E-state index is 12.8. The second kappa shape index (κ2) is 6.53. The molecule has 0 saturated carbocycles. The fourth-order valence-corrected chi connectivity index (χ4v) is 2.98. The van der Waals surface area contributed by atoms with Gasteiger partial charge in [-0.3, -0.25) is 14.9 Å². The topological polar surface area (TPSA) is 122 Å². The Morgan fingerprint density at radius 1 is 1.37 bits per heavy atom. The van der Waals surface area contributed by atoms with Crippen molar-refractivity contribution in [3.8, 4) is 6.07 Å². The molecule has 1 aliphatic rings. The highest BCUT2D eigenvalue weighted by Gasteiger charge is 2.42. The molecule has 0 saturated heterocycles. The maximum absolute atomic E-state index is 12.8. The first kappa shape index (κ1) is 18.1. The molecule has 0 bridgehead atoms. The molecule has 0 radical (unpaired) electrons. The number of nitrogens with one attached hydrogen (secondary N) is 1. The number of hydrogen-bond donors (Lipinski definition) is 1. The number of aryl methyl sites for hydroxylation is 1. The number of ether oxygens (including phenoxy) is 1. The molecule has 1 heterocycles. The van der Waals surface area contributed by atoms with E-state index >= 15 is 0 Å². The van der Waals surface area contributed by atoms with Crippen LogP contribution in [0.3, 0.4) is 0 Å². The second-order valence-electron chi connectivity index (χ2n) is 6.46. The smallest absolute Gasteiger partial charge is 0.339 e. The number of esters is 1. The number of amides is 1. The lowest BCUT2D eigenvalue weighted by molar-refractivity contribution is -0.385. The van der Waals surface area contributed by atoms with Crippen molar-refractivity contribution >= 4 is 23.3 Å². The van der Waals surface area contributed by atoms with E-state index in [-0.39, 0.29) is 23.4 Å². The van der Waals surface area contributed by atoms with Gasteiger partial charge in [-0.1, -0.05) is 18.2 Å². The predicted octanol–water partition coefficient (Wildman–Crippen LogP) is 2.89. The average molecular weight is 365 g/mol. The number of carbonyl (C=O) groups excluding carboxylic acids is 2. The molecule has 2 aromatic carbocycles. The van der Waals surface area contributed by atoms with Crippen LogP contribution < -0.4 is 5.32 Å². The van der Waals surface area contributed by atoms with Gasteiger partial charge in [0.15, 0.2) is 5.60 Å². The summed E-state index contributed by atoms with van der Waals surface area (Å²) < 4.78 is 5.37. The summed E-state index contributed by atoms with van der Waals surface area (Å²) in [5, 5.41) is 22.8. The van der Waals surface area contributed by atoms with Crippen molar-refractivity contribution in [3.63, 3.8) is 0 Å². The number of benzene rings is 2. The zero-order valence-corrected chi connectivity index (χ0v) is 14.6. The zero-order chi connectivity index (χ0) is 19.8. The van der Waals surface area contributed by atoms with Gasteiger partial charge in [0, 0.05) is 18.2 Å². The first-order valence-electron chi connectivity index (χ1n) is 8.07. The number of nitrogens with zero attached hydrogens (tertiary/aromatic N) is 2. The van der Waals surface area contributed by atoms with E-state index < -0.39 is 22.4 Å². The molecule has 0 spiro atoms. The van der Waals surface area contributed by atoms with Crippen LogP contribution in [0.15, 0.2) is 36.4 Å². The Hall–Kier alpha value is -3.73. The fraction of sp³-hybridized carbons (Fsp3) is 0.211. The summed E-state index contributed by atoms with van der Waals surface area (Å²) in [6, 6.07) is 11.1. The van der Waals surface area contributed by atoms with Gasteiger partial charge in [0.25, 0.3) is 11.6 Å². The number of fused-ring (bicyclic) bond motifs is 1. The summed E-state index contributed by atoms with van der Waals surface area (Å²) in [5.41, 5.74) is -0.162. The molecular weight excluding hydrogens is 350 g/mol. The van der Waals surface area contributed by atoms with E-state index in [4.69, 9.17) is 10.00 Å². The van der Waals surface area contributed by atoms with Crippen LogP contribution >= 0.6 is 0 Å². The Kier molecular flexibility index (Phi) is 4.37. The van der Waals surface area contributed by atoms with E-state index in [1.54, 1.807) is 37.3 Å². The van der Waals surface area contributed by atoms with Crippen LogP contribution in [0.2, 0.25) is 0 Å². The van der Waals surface area contributed by atoms with Crippen LogP contribution in [0.25, 0.3) is 0 Å². The number of nitro benzene ring substituents is 1. The molecule has 1 amide bonds. The molecule has 27 heavy (non-hydrogen) atoms. The van der Waals surface area contributed by atoms with Gasteiger partial charge in [-0.05, 0) is 37.1 Å². The van der Waals surface area contributed by atoms with Crippen LogP contribution in [-0.2, 0) is 16.0 Å². The molecule has 3 rings (SSSR count). The van der Waals surface area contributed by atoms with Crippen molar-refractivity contribution in [2.24, 2.45) is 0 Å². The monoisotopic (exact) mass is 365 g/mol. The molecule has 1 aliphatic heterocycles. The molecule has 8 nitrogen and oxygen atoms in total. The molecule has 136 valence electrons. The number of carbonyl (C=O) groups is 2. The first-order valence-corrected chi connectivity index (χ1v) is 8.07. The average Bonchev–Trinajstić information content (AvgIpc) is 2.62. The number of anilines is 1. The summed E-state index contributed by atoms with van der Waals surface area (Å²) in [4.78, 5) is 35.4. The molecule has 2 aromatic rings. The van der Waals surface area contributed by atoms with Crippen LogP contribution in [0.5, 0.6) is 0 Å². The van der Waals surface area contributed by atoms with E-state index in [2.05, 4.69) is 5.32 Å². The van der Waals surface area contributed by atoms with Crippen LogP contribution in [-0.4, -0.2) is 22.4 Å². The quantitative estimate of drug-likeness (QED) is 0.507. The Labute approximate surface area is 154 Å². The molecule has 8 heteroatoms. The normalized spacial score (nSPS) is 18.0. The maximum Gasteiger partial charge on any atom is 0.339 e. The Morgan fingerprint density at radius 3 is 2.74 bits per heavy atom. The second-order valence-corrected chi connectivity index (χ2v) is 6.46. The van der Waals surface area contributed by atoms with Gasteiger partial charge in [0.1, 0.15) is 11.6 Å². The van der Waals surface area contributed by atoms with E-state index in [9.17, 15) is 19.7 Å². The summed E-state index contributed by atoms with van der Waals surface area (Å²) in [7, 11) is 0. The lowest BCUT2D eigenvalue weighted by Gasteiger charge is -2.33. The number of nitro groups is 1. The number of rotatable bonds is 3. The summed E-state index contributed by atoms with van der Waals surface area (Å²) >= 11 is 0. The van der Waals surface area contributed by atoms with Gasteiger partial charge in [-0.15, -0.1) is 0 Å². The van der Waals surface area contributed by atoms with Gasteiger partial charge >= 0.3 is 5.97 Å². The van der Waals surface area contributed by atoms with Gasteiger partial charge in [0.05, 0.1) is 10.5 Å². The minimum atomic E-state index is -1.44. The van der Waals surface area contributed by atoms with E-state index in [0.29, 0.717) is 16.7 Å². The highest BCUT2D eigenvalue weighted by atomic mass is 16.6. The SMILES string of the molecule is Cc1cc([N+](=O)[O-])c(C#N)cc1NC(=O)[C@]1(C)Cc2ccccc2C(=O)O1. The third kappa shape index (κ3) is 3.22. The molecule has 0 aliphatic carbocycles. The highest BCUT2D eigenvalue weighted by Crippen LogP contribution is 2.31. The zero-order valence-electron chi connectivity index (χ0n) is 14.6. The number of nitriles is 1. The minimum absolute atomic E-state index is 0.169. The Bertz CT molecular complexity index is 1020. The van der Waals surface area contributed by atoms with Crippen LogP contribution in [0.4, 0.5) is 11.4 Å². The largest absolute Gasteiger partial charge is 0.445 e. The summed E-state index contributed by atoms with van der Waals surface area (Å²) in [6.45, 7) is 3.08. The van der Waals surface area contributed by atoms with Crippen LogP contribution in [0, 0.1) is 28.4 Å². The van der Waals surface area contributed by atoms with E-state index in [1.165, 1.54) is 19.1 Å². The van der Waals surface area contributed by atoms with Gasteiger partial charge in [-0.25, -0.2) is 4.79 Å². The lowest BCUT2D eigenvalue weighted by atomic mass is 9.89. The molecule has 1 atom stereocenters. The molecular formula is C19H15N3O5. The molecule has 1 N–H and O–H groups in total. The van der Waals surface area contributed by atoms with Gasteiger partial charge in [0.2, 0.25) is 0 Å². The van der Waals surface area contributed by atoms with Crippen molar-refractivity contribution in [2.75, 3.05) is 5.32 Å². The van der Waals surface area contributed by atoms with E-state index in [1.807, 2.05) is 0 Å². The van der Waals surface area contributed by atoms with Crippen molar-refractivity contribution in [2.45, 2.75) is 25.9 Å². The minimum Gasteiger partial charge on any atom is -0.445 e. The van der Waals surface area contributed by atoms with Crippen molar-refractivity contribution in [1.82, 2.24) is 0 Å². The third-order valence-electron chi connectivity index (χ3n) is 4.47. The first-order chi connectivity index (χ1) is 12.7. The van der Waals surface area contributed by atoms with Gasteiger partial charge < -0.3 is 10.1 Å². The standard InChI is InChI=1S/C19H15N3O5/c1-11-7-16(22(25)26)13(10-20)8-15(11)21-18(24)19(2)9-12-5-3-4-6-14(12)17(23)27-19/h3-8H,9H2,1-2H3,(H,21,24)/t19-/m0/s1. The Balaban J connectivity index is 1.91. The summed E-state index contributed by atoms with van der Waals surface area (Å²) in [6.07, 6.45) is 0.192. The Morgan fingerprint density at radius 2 is 2.07 bits per heavy atom. The number of cyclic esters (lactones) is 1. The lowest BCUT2D eigenvalue weighted by Crippen LogP contribution is -2.49. The predicted molar refractivity (Wildman–Crippen MR) is 95.1 cm³/mol. The third-order valence-corrected chi connectivity index (χ3v) is 4.47. The van der Waals surface area contributed by atoms with Crippen molar-refractivity contribution < 1.29 is 19.2 Å². The van der Waals surface area contributed by atoms with Crippen LogP contribution in [0.1, 0.15) is 34.0 Å². The van der Waals surface area contributed by atoms with Crippen molar-refractivity contribution in [1.29, 1.82) is 5.26 Å². The summed E-state index contributed by atoms with van der Waals surface area (Å²) in [5.74, 6) is -1.17. The molecule has 0 aromatic heterocycles. The fourth-order valence-electron chi connectivity index (χ4n) is 2.98. The number of hydrogen-bond acceptors (Lipinski definition) is 6. The highest BCUT2D eigenvalue weighted by molar-refractivity contribution is 6.03. The van der Waals surface area contributed by atoms with Gasteiger partial charge in [-0.2, -0.15) is 5.26 Å². The molecule has 0 fully saturated rings. The van der Waals surface area contributed by atoms with Crippen molar-refractivity contribution in [3.05, 3.63) is 68.8 Å².